The van der Waals surface area contributed by atoms with Gasteiger partial charge in [0, 0.05) is 11.1 Å². The molecule has 0 radical (unpaired) electrons. The molecule has 8 aromatic rings. The molecule has 2 heterocycles. The first-order valence-electron chi connectivity index (χ1n) is 15.7. The lowest BCUT2D eigenvalue weighted by atomic mass is 9.96. The summed E-state index contributed by atoms with van der Waals surface area (Å²) in [7, 11) is 0. The first kappa shape index (κ1) is 27.7. The van der Waals surface area contributed by atoms with Crippen LogP contribution in [-0.4, -0.2) is 9.97 Å². The largest absolute Gasteiger partial charge is 0.246 e. The van der Waals surface area contributed by atoms with E-state index in [0.717, 1.165) is 56.2 Å². The zero-order chi connectivity index (χ0) is 31.0. The second kappa shape index (κ2) is 11.6. The van der Waals surface area contributed by atoms with E-state index < -0.39 is 0 Å². The van der Waals surface area contributed by atoms with Crippen LogP contribution in [0.5, 0.6) is 0 Å². The summed E-state index contributed by atoms with van der Waals surface area (Å²) in [4.78, 5) is 10.5. The van der Waals surface area contributed by atoms with E-state index in [1.54, 1.807) is 0 Å². The summed E-state index contributed by atoms with van der Waals surface area (Å²) >= 11 is 0. The number of nitrogens with zero attached hydrogens (tertiary/aromatic N) is 2. The van der Waals surface area contributed by atoms with E-state index in [2.05, 4.69) is 172 Å². The molecule has 6 aromatic carbocycles. The van der Waals surface area contributed by atoms with Gasteiger partial charge in [-0.3, -0.25) is 0 Å². The van der Waals surface area contributed by atoms with Crippen LogP contribution in [0.1, 0.15) is 11.1 Å². The molecule has 0 atom stereocenters. The molecule has 0 spiro atoms. The number of hydrogen-bond donors (Lipinski definition) is 0. The van der Waals surface area contributed by atoms with Gasteiger partial charge in [0.1, 0.15) is 0 Å². The quantitative estimate of drug-likeness (QED) is 0.200. The van der Waals surface area contributed by atoms with E-state index in [1.165, 1.54) is 32.7 Å². The second-order valence-electron chi connectivity index (χ2n) is 12.1. The Labute approximate surface area is 269 Å². The van der Waals surface area contributed by atoms with Crippen molar-refractivity contribution in [2.24, 2.45) is 0 Å². The third kappa shape index (κ3) is 5.46. The van der Waals surface area contributed by atoms with Gasteiger partial charge in [-0.2, -0.15) is 0 Å². The van der Waals surface area contributed by atoms with Gasteiger partial charge >= 0.3 is 0 Å². The molecule has 2 aromatic heterocycles. The minimum absolute atomic E-state index is 0.845. The van der Waals surface area contributed by atoms with E-state index in [-0.39, 0.29) is 0 Å². The van der Waals surface area contributed by atoms with E-state index in [9.17, 15) is 0 Å². The lowest BCUT2D eigenvalue weighted by molar-refractivity contribution is 1.25. The van der Waals surface area contributed by atoms with Gasteiger partial charge in [-0.15, -0.1) is 0 Å². The zero-order valence-corrected chi connectivity index (χ0v) is 25.9. The summed E-state index contributed by atoms with van der Waals surface area (Å²) in [6.07, 6.45) is 0. The van der Waals surface area contributed by atoms with Gasteiger partial charge in [-0.1, -0.05) is 132 Å². The van der Waals surface area contributed by atoms with E-state index in [1.807, 2.05) is 0 Å². The number of pyridine rings is 2. The Hall–Kier alpha value is -5.86. The molecule has 0 amide bonds. The van der Waals surface area contributed by atoms with Crippen molar-refractivity contribution in [3.05, 3.63) is 169 Å². The van der Waals surface area contributed by atoms with Crippen LogP contribution >= 0.6 is 0 Å². The number of fused-ring (bicyclic) bond motifs is 2. The van der Waals surface area contributed by atoms with Crippen LogP contribution in [0.25, 0.3) is 77.7 Å². The maximum absolute atomic E-state index is 5.26. The highest BCUT2D eigenvalue weighted by molar-refractivity contribution is 5.90. The number of hydrogen-bond acceptors (Lipinski definition) is 2. The average molecular weight is 589 g/mol. The summed E-state index contributed by atoms with van der Waals surface area (Å²) in [5.41, 5.74) is 12.7. The maximum Gasteiger partial charge on any atom is 0.0900 e. The Kier molecular flexibility index (Phi) is 6.96. The Bertz CT molecular complexity index is 2200. The number of rotatable bonds is 5. The molecule has 0 saturated carbocycles. The van der Waals surface area contributed by atoms with Gasteiger partial charge in [0.15, 0.2) is 0 Å². The summed E-state index contributed by atoms with van der Waals surface area (Å²) in [5, 5.41) is 4.89. The molecule has 0 saturated heterocycles. The van der Waals surface area contributed by atoms with E-state index >= 15 is 0 Å². The standard InChI is InChI=1S/C44H32N2/c1-29-11-15-33(16-12-29)41-25-39(37-21-19-31-7-3-5-9-35(31)23-37)27-43(45-41)44-28-40(26-42(46-44)34-17-13-30(2)14-18-34)38-22-20-32-8-4-6-10-36(32)24-38/h3-28H,1-2H3. The molecule has 0 unspecified atom stereocenters. The Morgan fingerprint density at radius 2 is 0.630 bits per heavy atom. The molecular weight excluding hydrogens is 556 g/mol. The topological polar surface area (TPSA) is 25.8 Å². The monoisotopic (exact) mass is 588 g/mol. The number of aryl methyl sites for hydroxylation is 2. The van der Waals surface area contributed by atoms with Crippen LogP contribution in [0.15, 0.2) is 158 Å². The average Bonchev–Trinajstić information content (AvgIpc) is 3.11. The Morgan fingerprint density at radius 1 is 0.283 bits per heavy atom. The van der Waals surface area contributed by atoms with E-state index in [4.69, 9.17) is 9.97 Å². The van der Waals surface area contributed by atoms with Crippen LogP contribution in [-0.2, 0) is 0 Å². The lowest BCUT2D eigenvalue weighted by Gasteiger charge is -2.14. The first-order chi connectivity index (χ1) is 22.6. The molecule has 0 aliphatic heterocycles. The predicted molar refractivity (Wildman–Crippen MR) is 194 cm³/mol. The summed E-state index contributed by atoms with van der Waals surface area (Å²) < 4.78 is 0. The fraction of sp³-hybridized carbons (Fsp3) is 0.0455. The SMILES string of the molecule is Cc1ccc(-c2cc(-c3ccc4ccccc4c3)cc(-c3cc(-c4ccc5ccccc5c4)cc(-c4ccc(C)cc4)n3)n2)cc1. The molecule has 2 heteroatoms. The summed E-state index contributed by atoms with van der Waals surface area (Å²) in [6.45, 7) is 4.23. The van der Waals surface area contributed by atoms with Crippen molar-refractivity contribution in [3.63, 3.8) is 0 Å². The van der Waals surface area contributed by atoms with Crippen molar-refractivity contribution < 1.29 is 0 Å². The van der Waals surface area contributed by atoms with Gasteiger partial charge in [-0.25, -0.2) is 9.97 Å². The van der Waals surface area contributed by atoms with Crippen molar-refractivity contribution in [1.82, 2.24) is 9.97 Å². The minimum atomic E-state index is 0.845. The molecule has 0 bridgehead atoms. The lowest BCUT2D eigenvalue weighted by Crippen LogP contribution is -1.96. The molecular formula is C44H32N2. The van der Waals surface area contributed by atoms with Crippen molar-refractivity contribution in [2.45, 2.75) is 13.8 Å². The van der Waals surface area contributed by atoms with Crippen LogP contribution < -0.4 is 0 Å². The molecule has 218 valence electrons. The van der Waals surface area contributed by atoms with Crippen LogP contribution in [0.4, 0.5) is 0 Å². The van der Waals surface area contributed by atoms with Crippen molar-refractivity contribution in [3.8, 4) is 56.2 Å². The smallest absolute Gasteiger partial charge is 0.0900 e. The fourth-order valence-electron chi connectivity index (χ4n) is 6.14. The second-order valence-corrected chi connectivity index (χ2v) is 12.1. The van der Waals surface area contributed by atoms with Gasteiger partial charge in [0.05, 0.1) is 22.8 Å². The van der Waals surface area contributed by atoms with Crippen molar-refractivity contribution >= 4 is 21.5 Å². The van der Waals surface area contributed by atoms with Gasteiger partial charge in [-0.05, 0) is 94.0 Å². The third-order valence-electron chi connectivity index (χ3n) is 8.77. The van der Waals surface area contributed by atoms with Crippen molar-refractivity contribution in [1.29, 1.82) is 0 Å². The molecule has 8 rings (SSSR count). The van der Waals surface area contributed by atoms with Crippen molar-refractivity contribution in [2.75, 3.05) is 0 Å². The molecule has 0 aliphatic carbocycles. The highest BCUT2D eigenvalue weighted by Crippen LogP contribution is 2.35. The van der Waals surface area contributed by atoms with Crippen LogP contribution in [0.2, 0.25) is 0 Å². The normalized spacial score (nSPS) is 11.3. The zero-order valence-electron chi connectivity index (χ0n) is 25.9. The highest BCUT2D eigenvalue weighted by Gasteiger charge is 2.14. The van der Waals surface area contributed by atoms with Crippen LogP contribution in [0, 0.1) is 13.8 Å². The van der Waals surface area contributed by atoms with Gasteiger partial charge < -0.3 is 0 Å². The molecule has 0 fully saturated rings. The molecule has 2 nitrogen and oxygen atoms in total. The van der Waals surface area contributed by atoms with Gasteiger partial charge in [0.25, 0.3) is 0 Å². The summed E-state index contributed by atoms with van der Waals surface area (Å²) in [6, 6.07) is 56.3. The number of aromatic nitrogens is 2. The molecule has 0 aliphatic rings. The Balaban J connectivity index is 1.35. The third-order valence-corrected chi connectivity index (χ3v) is 8.77. The highest BCUT2D eigenvalue weighted by atomic mass is 14.8. The summed E-state index contributed by atoms with van der Waals surface area (Å²) in [5.74, 6) is 0. The first-order valence-corrected chi connectivity index (χ1v) is 15.7. The van der Waals surface area contributed by atoms with Gasteiger partial charge in [0.2, 0.25) is 0 Å². The number of benzene rings is 6. The van der Waals surface area contributed by atoms with Crippen LogP contribution in [0.3, 0.4) is 0 Å². The maximum atomic E-state index is 5.26. The minimum Gasteiger partial charge on any atom is -0.246 e. The molecule has 46 heavy (non-hydrogen) atoms. The van der Waals surface area contributed by atoms with E-state index in [0.29, 0.717) is 0 Å². The fourth-order valence-corrected chi connectivity index (χ4v) is 6.14. The predicted octanol–water partition coefficient (Wildman–Crippen LogP) is 11.7. The molecule has 0 N–H and O–H groups in total. The Morgan fingerprint density at radius 3 is 1.04 bits per heavy atom.